The van der Waals surface area contributed by atoms with E-state index >= 15 is 0 Å². The molecule has 1 rings (SSSR count). The molecule has 1 aliphatic heterocycles. The van der Waals surface area contributed by atoms with E-state index < -0.39 is 0 Å². The van der Waals surface area contributed by atoms with E-state index in [4.69, 9.17) is 5.73 Å². The minimum absolute atomic E-state index is 0.247. The standard InChI is InChI=1S/C16H33N5O/c1-16(2,3)8-5-9-19-15(18-4)20-13-6-10-21(11-7-13)12-14(17)22/h13H,5-12H2,1-4H3,(H2,17,22)(H2,18,19,20). The summed E-state index contributed by atoms with van der Waals surface area (Å²) in [6.45, 7) is 9.91. The number of nitrogens with two attached hydrogens (primary N) is 1. The zero-order valence-corrected chi connectivity index (χ0v) is 14.6. The zero-order valence-electron chi connectivity index (χ0n) is 14.6. The number of carbonyl (C=O) groups is 1. The van der Waals surface area contributed by atoms with Gasteiger partial charge in [0.1, 0.15) is 0 Å². The number of hydrogen-bond acceptors (Lipinski definition) is 3. The van der Waals surface area contributed by atoms with Crippen molar-refractivity contribution in [2.45, 2.75) is 52.5 Å². The number of piperidine rings is 1. The minimum Gasteiger partial charge on any atom is -0.369 e. The van der Waals surface area contributed by atoms with Crippen molar-refractivity contribution in [2.75, 3.05) is 33.2 Å². The molecule has 0 bridgehead atoms. The van der Waals surface area contributed by atoms with E-state index in [0.717, 1.165) is 44.9 Å². The van der Waals surface area contributed by atoms with Gasteiger partial charge in [-0.2, -0.15) is 0 Å². The predicted molar refractivity (Wildman–Crippen MR) is 91.8 cm³/mol. The van der Waals surface area contributed by atoms with Crippen molar-refractivity contribution in [3.63, 3.8) is 0 Å². The SMILES string of the molecule is CN=C(NCCCC(C)(C)C)NC1CCN(CC(N)=O)CC1. The number of nitrogens with one attached hydrogen (secondary N) is 2. The van der Waals surface area contributed by atoms with Gasteiger partial charge in [0.05, 0.1) is 6.54 Å². The molecule has 0 unspecified atom stereocenters. The molecule has 0 radical (unpaired) electrons. The Morgan fingerprint density at radius 3 is 2.45 bits per heavy atom. The topological polar surface area (TPSA) is 82.8 Å². The van der Waals surface area contributed by atoms with Crippen LogP contribution in [0.15, 0.2) is 4.99 Å². The molecule has 0 saturated carbocycles. The van der Waals surface area contributed by atoms with Gasteiger partial charge in [0.25, 0.3) is 0 Å². The van der Waals surface area contributed by atoms with Gasteiger partial charge in [-0.1, -0.05) is 20.8 Å². The highest BCUT2D eigenvalue weighted by atomic mass is 16.1. The lowest BCUT2D eigenvalue weighted by Crippen LogP contribution is -2.49. The maximum absolute atomic E-state index is 10.9. The Hall–Kier alpha value is -1.30. The van der Waals surface area contributed by atoms with E-state index in [9.17, 15) is 4.79 Å². The quantitative estimate of drug-likeness (QED) is 0.387. The monoisotopic (exact) mass is 311 g/mol. The predicted octanol–water partition coefficient (Wildman–Crippen LogP) is 0.927. The van der Waals surface area contributed by atoms with Crippen molar-refractivity contribution in [3.8, 4) is 0 Å². The number of hydrogen-bond donors (Lipinski definition) is 3. The summed E-state index contributed by atoms with van der Waals surface area (Å²) in [6.07, 6.45) is 4.36. The van der Waals surface area contributed by atoms with Crippen molar-refractivity contribution in [3.05, 3.63) is 0 Å². The summed E-state index contributed by atoms with van der Waals surface area (Å²) in [6, 6.07) is 0.415. The summed E-state index contributed by atoms with van der Waals surface area (Å²) in [4.78, 5) is 17.3. The maximum Gasteiger partial charge on any atom is 0.231 e. The summed E-state index contributed by atoms with van der Waals surface area (Å²) in [5.74, 6) is 0.630. The van der Waals surface area contributed by atoms with Crippen LogP contribution in [0, 0.1) is 5.41 Å². The third-order valence-corrected chi connectivity index (χ3v) is 3.93. The highest BCUT2D eigenvalue weighted by molar-refractivity contribution is 5.80. The number of aliphatic imine (C=N–C) groups is 1. The van der Waals surface area contributed by atoms with Gasteiger partial charge < -0.3 is 16.4 Å². The lowest BCUT2D eigenvalue weighted by molar-refractivity contribution is -0.119. The van der Waals surface area contributed by atoms with Crippen molar-refractivity contribution in [1.82, 2.24) is 15.5 Å². The molecule has 0 aliphatic carbocycles. The summed E-state index contributed by atoms with van der Waals surface area (Å²) in [5, 5.41) is 6.86. The van der Waals surface area contributed by atoms with Gasteiger partial charge >= 0.3 is 0 Å². The second-order valence-electron chi connectivity index (χ2n) is 7.32. The first kappa shape index (κ1) is 18.7. The van der Waals surface area contributed by atoms with E-state index in [1.807, 2.05) is 0 Å². The largest absolute Gasteiger partial charge is 0.369 e. The van der Waals surface area contributed by atoms with Crippen LogP contribution in [-0.2, 0) is 4.79 Å². The highest BCUT2D eigenvalue weighted by Gasteiger charge is 2.20. The van der Waals surface area contributed by atoms with Crippen LogP contribution in [0.2, 0.25) is 0 Å². The second-order valence-corrected chi connectivity index (χ2v) is 7.32. The molecule has 1 saturated heterocycles. The second kappa shape index (κ2) is 8.98. The van der Waals surface area contributed by atoms with E-state index in [1.54, 1.807) is 7.05 Å². The number of guanidine groups is 1. The molecule has 0 aromatic carbocycles. The van der Waals surface area contributed by atoms with Crippen molar-refractivity contribution >= 4 is 11.9 Å². The third-order valence-electron chi connectivity index (χ3n) is 3.93. The Labute approximate surface area is 134 Å². The fourth-order valence-electron chi connectivity index (χ4n) is 2.67. The van der Waals surface area contributed by atoms with Crippen LogP contribution in [-0.4, -0.2) is 56.0 Å². The maximum atomic E-state index is 10.9. The molecule has 4 N–H and O–H groups in total. The molecule has 0 atom stereocenters. The summed E-state index contributed by atoms with van der Waals surface area (Å²) >= 11 is 0. The number of amides is 1. The first-order valence-corrected chi connectivity index (χ1v) is 8.28. The smallest absolute Gasteiger partial charge is 0.231 e. The van der Waals surface area contributed by atoms with E-state index in [2.05, 4.69) is 41.3 Å². The summed E-state index contributed by atoms with van der Waals surface area (Å²) < 4.78 is 0. The number of rotatable bonds is 6. The van der Waals surface area contributed by atoms with Gasteiger partial charge in [-0.15, -0.1) is 0 Å². The van der Waals surface area contributed by atoms with Gasteiger partial charge in [-0.3, -0.25) is 14.7 Å². The first-order chi connectivity index (χ1) is 10.3. The van der Waals surface area contributed by atoms with Crippen LogP contribution in [0.25, 0.3) is 0 Å². The molecule has 0 aromatic heterocycles. The molecule has 6 heteroatoms. The molecule has 1 aliphatic rings. The molecular weight excluding hydrogens is 278 g/mol. The molecule has 1 amide bonds. The Morgan fingerprint density at radius 1 is 1.32 bits per heavy atom. The number of carbonyl (C=O) groups excluding carboxylic acids is 1. The van der Waals surface area contributed by atoms with Crippen molar-refractivity contribution < 1.29 is 4.79 Å². The molecule has 1 fully saturated rings. The van der Waals surface area contributed by atoms with Crippen LogP contribution in [0.4, 0.5) is 0 Å². The van der Waals surface area contributed by atoms with E-state index in [1.165, 1.54) is 6.42 Å². The van der Waals surface area contributed by atoms with Gasteiger partial charge in [0, 0.05) is 32.7 Å². The van der Waals surface area contributed by atoms with Crippen LogP contribution >= 0.6 is 0 Å². The van der Waals surface area contributed by atoms with E-state index in [0.29, 0.717) is 18.0 Å². The Kier molecular flexibility index (Phi) is 7.65. The minimum atomic E-state index is -0.247. The fourth-order valence-corrected chi connectivity index (χ4v) is 2.67. The zero-order chi connectivity index (χ0) is 16.6. The lowest BCUT2D eigenvalue weighted by Gasteiger charge is -2.32. The molecule has 128 valence electrons. The molecule has 0 spiro atoms. The average molecular weight is 311 g/mol. The molecule has 1 heterocycles. The molecule has 6 nitrogen and oxygen atoms in total. The molecular formula is C16H33N5O. The molecule has 22 heavy (non-hydrogen) atoms. The number of primary amides is 1. The highest BCUT2D eigenvalue weighted by Crippen LogP contribution is 2.19. The van der Waals surface area contributed by atoms with Crippen molar-refractivity contribution in [2.24, 2.45) is 16.1 Å². The van der Waals surface area contributed by atoms with E-state index in [-0.39, 0.29) is 5.91 Å². The van der Waals surface area contributed by atoms with Crippen LogP contribution in [0.1, 0.15) is 46.5 Å². The number of nitrogens with zero attached hydrogens (tertiary/aromatic N) is 2. The van der Waals surface area contributed by atoms with Crippen molar-refractivity contribution in [1.29, 1.82) is 0 Å². The van der Waals surface area contributed by atoms with Gasteiger partial charge in [0.15, 0.2) is 5.96 Å². The third kappa shape index (κ3) is 8.22. The van der Waals surface area contributed by atoms with Crippen LogP contribution in [0.3, 0.4) is 0 Å². The van der Waals surface area contributed by atoms with Crippen LogP contribution in [0.5, 0.6) is 0 Å². The van der Waals surface area contributed by atoms with Gasteiger partial charge in [-0.25, -0.2) is 0 Å². The van der Waals surface area contributed by atoms with Gasteiger partial charge in [0.2, 0.25) is 5.91 Å². The van der Waals surface area contributed by atoms with Crippen LogP contribution < -0.4 is 16.4 Å². The van der Waals surface area contributed by atoms with Gasteiger partial charge in [-0.05, 0) is 31.1 Å². The summed E-state index contributed by atoms with van der Waals surface area (Å²) in [5.41, 5.74) is 5.61. The Morgan fingerprint density at radius 2 is 1.95 bits per heavy atom. The molecule has 0 aromatic rings. The first-order valence-electron chi connectivity index (χ1n) is 8.28. The fraction of sp³-hybridized carbons (Fsp3) is 0.875. The number of likely N-dealkylation sites (tertiary alicyclic amines) is 1. The lowest BCUT2D eigenvalue weighted by atomic mass is 9.91. The summed E-state index contributed by atoms with van der Waals surface area (Å²) in [7, 11) is 1.81. The average Bonchev–Trinajstić information content (AvgIpc) is 2.42. The normalized spacial score (nSPS) is 18.3. The Bertz CT molecular complexity index is 367. The Balaban J connectivity index is 2.23.